The van der Waals surface area contributed by atoms with Crippen LogP contribution in [0.25, 0.3) is 0 Å². The number of benzene rings is 1. The van der Waals surface area contributed by atoms with Crippen LogP contribution in [0, 0.1) is 17.2 Å². The predicted molar refractivity (Wildman–Crippen MR) is 156 cm³/mol. The van der Waals surface area contributed by atoms with E-state index in [-0.39, 0.29) is 24.5 Å². The molecule has 1 aromatic carbocycles. The maximum Gasteiger partial charge on any atom is 0.142 e. The van der Waals surface area contributed by atoms with Crippen molar-refractivity contribution < 1.29 is 14.9 Å². The summed E-state index contributed by atoms with van der Waals surface area (Å²) in [6.45, 7) is 1.72. The van der Waals surface area contributed by atoms with E-state index in [9.17, 15) is 10.2 Å². The van der Waals surface area contributed by atoms with Crippen LogP contribution in [0.1, 0.15) is 50.5 Å². The Kier molecular flexibility index (Phi) is 8.97. The van der Waals surface area contributed by atoms with Crippen molar-refractivity contribution in [2.75, 3.05) is 37.6 Å². The fourth-order valence-electron chi connectivity index (χ4n) is 7.22. The predicted octanol–water partition coefficient (Wildman–Crippen LogP) is 0.0163. The number of fused-ring (bicyclic) bond motifs is 2. The number of unbranched alkanes of at least 4 members (excludes halogenated alkanes) is 2. The van der Waals surface area contributed by atoms with Crippen LogP contribution < -0.4 is 32.3 Å². The second-order valence-electron chi connectivity index (χ2n) is 12.6. The molecule has 12 nitrogen and oxygen atoms in total. The summed E-state index contributed by atoms with van der Waals surface area (Å²) in [5.41, 5.74) is 9.88. The number of nitrogens with one attached hydrogen (secondary N) is 5. The second-order valence-corrected chi connectivity index (χ2v) is 12.6. The Hall–Kier alpha value is -2.05. The van der Waals surface area contributed by atoms with Crippen molar-refractivity contribution >= 4 is 11.4 Å². The lowest BCUT2D eigenvalue weighted by Crippen LogP contribution is -2.68. The largest absolute Gasteiger partial charge is 0.387 e. The van der Waals surface area contributed by atoms with Crippen LogP contribution in [0.4, 0.5) is 11.4 Å². The van der Waals surface area contributed by atoms with Crippen LogP contribution in [0.3, 0.4) is 0 Å². The van der Waals surface area contributed by atoms with E-state index in [1.165, 1.54) is 23.4 Å². The average Bonchev–Trinajstić information content (AvgIpc) is 3.62. The van der Waals surface area contributed by atoms with Gasteiger partial charge in [0.05, 0.1) is 48.7 Å². The molecule has 41 heavy (non-hydrogen) atoms. The van der Waals surface area contributed by atoms with Crippen LogP contribution in [0.2, 0.25) is 0 Å². The highest BCUT2D eigenvalue weighted by atomic mass is 16.6. The van der Waals surface area contributed by atoms with Crippen molar-refractivity contribution in [2.24, 2.45) is 11.7 Å². The van der Waals surface area contributed by atoms with Gasteiger partial charge in [-0.15, -0.1) is 0 Å². The summed E-state index contributed by atoms with van der Waals surface area (Å²) in [6, 6.07) is 9.32. The van der Waals surface area contributed by atoms with E-state index < -0.39 is 24.5 Å². The minimum absolute atomic E-state index is 0.0115. The third kappa shape index (κ3) is 6.20. The van der Waals surface area contributed by atoms with Crippen LogP contribution in [-0.2, 0) is 11.2 Å². The zero-order valence-electron chi connectivity index (χ0n) is 24.0. The van der Waals surface area contributed by atoms with E-state index in [1.54, 1.807) is 0 Å². The molecule has 5 aliphatic rings. The zero-order valence-corrected chi connectivity index (χ0v) is 24.0. The Labute approximate surface area is 242 Å². The van der Waals surface area contributed by atoms with Crippen molar-refractivity contribution in [2.45, 2.75) is 106 Å². The molecule has 226 valence electrons. The van der Waals surface area contributed by atoms with E-state index >= 15 is 0 Å². The molecule has 12 heteroatoms. The molecule has 9 N–H and O–H groups in total. The first kappa shape index (κ1) is 29.0. The first-order valence-corrected chi connectivity index (χ1v) is 15.4. The van der Waals surface area contributed by atoms with E-state index in [0.29, 0.717) is 38.3 Å². The molecule has 4 fully saturated rings. The normalized spacial score (nSPS) is 38.1. The summed E-state index contributed by atoms with van der Waals surface area (Å²) in [5, 5.41) is 47.7. The molecule has 3 saturated heterocycles. The van der Waals surface area contributed by atoms with Gasteiger partial charge in [-0.2, -0.15) is 5.26 Å². The molecule has 0 aromatic heterocycles. The van der Waals surface area contributed by atoms with Crippen molar-refractivity contribution in [1.29, 1.82) is 5.26 Å². The molecule has 1 saturated carbocycles. The molecule has 0 amide bonds. The van der Waals surface area contributed by atoms with E-state index in [0.717, 1.165) is 38.5 Å². The molecule has 0 radical (unpaired) electrons. The third-order valence-electron chi connectivity index (χ3n) is 9.82. The summed E-state index contributed by atoms with van der Waals surface area (Å²) >= 11 is 0. The SMILES string of the molecule is CN(C[C@H]1O[C@@H](N2CNC3C(N)NCNC32)[C@H](O)[C@@H]1O)C1CC(CCC2Nc3ccc(CCCCC#N)cc3N2)C1. The van der Waals surface area contributed by atoms with Gasteiger partial charge in [-0.05, 0) is 75.6 Å². The summed E-state index contributed by atoms with van der Waals surface area (Å²) in [6.07, 6.45) is 5.32. The molecule has 4 aliphatic heterocycles. The molecule has 4 heterocycles. The number of aliphatic hydroxyl groups is 2. The number of aliphatic hydroxyl groups excluding tert-OH is 2. The minimum atomic E-state index is -0.967. The third-order valence-corrected chi connectivity index (χ3v) is 9.82. The molecular weight excluding hydrogens is 522 g/mol. The fraction of sp³-hybridized carbons (Fsp3) is 0.759. The molecular formula is C29H47N9O3. The molecule has 6 rings (SSSR count). The first-order chi connectivity index (χ1) is 19.9. The van der Waals surface area contributed by atoms with E-state index in [4.69, 9.17) is 15.7 Å². The van der Waals surface area contributed by atoms with Crippen molar-refractivity contribution in [3.8, 4) is 6.07 Å². The highest BCUT2D eigenvalue weighted by Gasteiger charge is 2.52. The van der Waals surface area contributed by atoms with Gasteiger partial charge in [0.15, 0.2) is 0 Å². The number of ether oxygens (including phenoxy) is 1. The summed E-state index contributed by atoms with van der Waals surface area (Å²) in [7, 11) is 2.10. The smallest absolute Gasteiger partial charge is 0.142 e. The van der Waals surface area contributed by atoms with Gasteiger partial charge in [0.25, 0.3) is 0 Å². The Bertz CT molecular complexity index is 1080. The number of nitrogens with two attached hydrogens (primary N) is 1. The summed E-state index contributed by atoms with van der Waals surface area (Å²) < 4.78 is 6.27. The van der Waals surface area contributed by atoms with Gasteiger partial charge in [0.2, 0.25) is 0 Å². The van der Waals surface area contributed by atoms with Crippen molar-refractivity contribution in [3.05, 3.63) is 23.8 Å². The van der Waals surface area contributed by atoms with Gasteiger partial charge >= 0.3 is 0 Å². The number of hydrogen-bond donors (Lipinski definition) is 8. The maximum atomic E-state index is 10.9. The lowest BCUT2D eigenvalue weighted by Gasteiger charge is -2.42. The van der Waals surface area contributed by atoms with Crippen molar-refractivity contribution in [3.63, 3.8) is 0 Å². The van der Waals surface area contributed by atoms with Crippen LogP contribution >= 0.6 is 0 Å². The number of rotatable bonds is 11. The fourth-order valence-corrected chi connectivity index (χ4v) is 7.22. The standard InChI is InChI=1S/C29H47N9O3/c1-37(14-22-25(39)26(40)29(41-22)38-16-34-24-27(31)32-15-33-28(24)38)19-11-18(12-19)7-9-23-35-20-8-6-17(13-21(20)36-23)5-3-2-4-10-30/h6,8,13,18-19,22-29,32-36,39-40H,2-5,7,9,11-12,14-16,31H2,1H3/t18?,19?,22-,23?,24?,25-,26-,27?,28?,29-/m1/s1. The topological polar surface area (TPSA) is 166 Å². The van der Waals surface area contributed by atoms with Gasteiger partial charge in [-0.25, -0.2) is 4.90 Å². The lowest BCUT2D eigenvalue weighted by molar-refractivity contribution is -0.108. The van der Waals surface area contributed by atoms with Gasteiger partial charge < -0.3 is 36.2 Å². The monoisotopic (exact) mass is 569 g/mol. The van der Waals surface area contributed by atoms with Crippen LogP contribution in [-0.4, -0.2) is 102 Å². The molecule has 0 spiro atoms. The Morgan fingerprint density at radius 1 is 1.10 bits per heavy atom. The minimum Gasteiger partial charge on any atom is -0.387 e. The van der Waals surface area contributed by atoms with Gasteiger partial charge in [-0.1, -0.05) is 6.07 Å². The van der Waals surface area contributed by atoms with Crippen LogP contribution in [0.5, 0.6) is 0 Å². The quantitative estimate of drug-likeness (QED) is 0.169. The first-order valence-electron chi connectivity index (χ1n) is 15.4. The maximum absolute atomic E-state index is 10.9. The number of hydrogen-bond acceptors (Lipinski definition) is 12. The molecule has 4 unspecified atom stereocenters. The lowest BCUT2D eigenvalue weighted by atomic mass is 9.76. The van der Waals surface area contributed by atoms with Gasteiger partial charge in [0, 0.05) is 25.7 Å². The molecule has 8 atom stereocenters. The highest BCUT2D eigenvalue weighted by molar-refractivity contribution is 5.75. The molecule has 0 bridgehead atoms. The number of nitriles is 1. The Balaban J connectivity index is 0.912. The average molecular weight is 570 g/mol. The molecule has 1 aromatic rings. The van der Waals surface area contributed by atoms with Crippen LogP contribution in [0.15, 0.2) is 18.2 Å². The van der Waals surface area contributed by atoms with Crippen molar-refractivity contribution in [1.82, 2.24) is 25.8 Å². The number of aryl methyl sites for hydroxylation is 1. The molecule has 1 aliphatic carbocycles. The van der Waals surface area contributed by atoms with Gasteiger partial charge in [-0.3, -0.25) is 16.0 Å². The van der Waals surface area contributed by atoms with Gasteiger partial charge in [0.1, 0.15) is 24.5 Å². The van der Waals surface area contributed by atoms with E-state index in [2.05, 4.69) is 62.8 Å². The highest BCUT2D eigenvalue weighted by Crippen LogP contribution is 2.38. The Morgan fingerprint density at radius 3 is 2.76 bits per heavy atom. The summed E-state index contributed by atoms with van der Waals surface area (Å²) in [5.74, 6) is 0.695. The Morgan fingerprint density at radius 2 is 1.93 bits per heavy atom. The number of anilines is 2. The number of likely N-dealkylation sites (N-methyl/N-ethyl adjacent to an activating group) is 1. The number of nitrogens with zero attached hydrogens (tertiary/aromatic N) is 3. The van der Waals surface area contributed by atoms with E-state index in [1.807, 2.05) is 4.90 Å². The summed E-state index contributed by atoms with van der Waals surface area (Å²) in [4.78, 5) is 4.34. The zero-order chi connectivity index (χ0) is 28.5. The second kappa shape index (κ2) is 12.7.